The number of hydrogen-bond acceptors (Lipinski definition) is 2. The maximum Gasteiger partial charge on any atom is 0.146 e. The maximum atomic E-state index is 5.37. The first-order valence-corrected chi connectivity index (χ1v) is 6.59. The number of ether oxygens (including phenoxy) is 2. The van der Waals surface area contributed by atoms with Gasteiger partial charge in [-0.2, -0.15) is 0 Å². The Bertz CT molecular complexity index is 335. The van der Waals surface area contributed by atoms with Crippen LogP contribution in [0.4, 0.5) is 0 Å². The molecule has 0 N–H and O–H groups in total. The Hall–Kier alpha value is -0.860. The lowest BCUT2D eigenvalue weighted by Gasteiger charge is -2.19. The molecule has 0 saturated carbocycles. The van der Waals surface area contributed by atoms with Gasteiger partial charge in [0, 0.05) is 7.11 Å². The first-order chi connectivity index (χ1) is 8.43. The second-order valence-electron chi connectivity index (χ2n) is 6.03. The fourth-order valence-electron chi connectivity index (χ4n) is 1.93. The van der Waals surface area contributed by atoms with E-state index in [0.29, 0.717) is 12.7 Å². The fraction of sp³-hybridized carbons (Fsp3) is 0.625. The molecule has 1 aromatic carbocycles. The lowest BCUT2D eigenvalue weighted by molar-refractivity contribution is -0.0414. The predicted octanol–water partition coefficient (Wildman–Crippen LogP) is 3.78. The molecule has 1 rings (SSSR count). The molecular weight excluding hydrogens is 224 g/mol. The van der Waals surface area contributed by atoms with Crippen molar-refractivity contribution >= 4 is 0 Å². The molecule has 1 unspecified atom stereocenters. The lowest BCUT2D eigenvalue weighted by atomic mass is 9.86. The molecule has 0 aliphatic carbocycles. The second kappa shape index (κ2) is 6.91. The molecule has 1 aromatic rings. The Labute approximate surface area is 111 Å². The second-order valence-corrected chi connectivity index (χ2v) is 6.03. The highest BCUT2D eigenvalue weighted by Crippen LogP contribution is 2.22. The molecule has 0 spiro atoms. The molecule has 0 heterocycles. The molecule has 0 bridgehead atoms. The molecular formula is C16H26O2. The van der Waals surface area contributed by atoms with Crippen molar-refractivity contribution < 1.29 is 9.47 Å². The number of methoxy groups -OCH3 is 1. The molecule has 2 nitrogen and oxygen atoms in total. The van der Waals surface area contributed by atoms with Crippen LogP contribution in [-0.4, -0.2) is 20.5 Å². The Morgan fingerprint density at radius 3 is 2.22 bits per heavy atom. The van der Waals surface area contributed by atoms with Gasteiger partial charge in [0.2, 0.25) is 0 Å². The van der Waals surface area contributed by atoms with E-state index in [-0.39, 0.29) is 5.41 Å². The van der Waals surface area contributed by atoms with Crippen molar-refractivity contribution in [3.8, 4) is 0 Å². The van der Waals surface area contributed by atoms with Gasteiger partial charge in [0.25, 0.3) is 0 Å². The summed E-state index contributed by atoms with van der Waals surface area (Å²) in [5, 5.41) is 0. The topological polar surface area (TPSA) is 18.5 Å². The van der Waals surface area contributed by atoms with Crippen molar-refractivity contribution in [2.45, 2.75) is 39.5 Å². The normalized spacial score (nSPS) is 13.6. The summed E-state index contributed by atoms with van der Waals surface area (Å²) in [7, 11) is 1.65. The largest absolute Gasteiger partial charge is 0.359 e. The minimum atomic E-state index is 0.228. The highest BCUT2D eigenvalue weighted by molar-refractivity contribution is 5.27. The zero-order valence-corrected chi connectivity index (χ0v) is 12.3. The van der Waals surface area contributed by atoms with Crippen LogP contribution in [0.3, 0.4) is 0 Å². The van der Waals surface area contributed by atoms with Gasteiger partial charge in [-0.1, -0.05) is 52.0 Å². The van der Waals surface area contributed by atoms with E-state index in [2.05, 4.69) is 52.0 Å². The van der Waals surface area contributed by atoms with E-state index in [1.807, 2.05) is 0 Å². The van der Waals surface area contributed by atoms with Crippen LogP contribution in [0.1, 0.15) is 38.8 Å². The van der Waals surface area contributed by atoms with Crippen molar-refractivity contribution in [2.75, 3.05) is 20.5 Å². The van der Waals surface area contributed by atoms with Gasteiger partial charge in [-0.05, 0) is 28.9 Å². The van der Waals surface area contributed by atoms with Crippen LogP contribution in [0.25, 0.3) is 0 Å². The van der Waals surface area contributed by atoms with Crippen molar-refractivity contribution in [3.63, 3.8) is 0 Å². The van der Waals surface area contributed by atoms with E-state index in [9.17, 15) is 0 Å². The van der Waals surface area contributed by atoms with Gasteiger partial charge in [0.05, 0.1) is 6.61 Å². The van der Waals surface area contributed by atoms with Crippen LogP contribution in [0.2, 0.25) is 0 Å². The average molecular weight is 250 g/mol. The summed E-state index contributed by atoms with van der Waals surface area (Å²) in [5.41, 5.74) is 2.98. The average Bonchev–Trinajstić information content (AvgIpc) is 2.29. The van der Waals surface area contributed by atoms with Crippen LogP contribution in [0.5, 0.6) is 0 Å². The van der Waals surface area contributed by atoms with E-state index in [1.165, 1.54) is 11.1 Å². The molecule has 0 aliphatic rings. The monoisotopic (exact) mass is 250 g/mol. The minimum absolute atomic E-state index is 0.228. The summed E-state index contributed by atoms with van der Waals surface area (Å²) < 4.78 is 10.2. The van der Waals surface area contributed by atoms with Crippen molar-refractivity contribution in [1.82, 2.24) is 0 Å². The van der Waals surface area contributed by atoms with Crippen LogP contribution < -0.4 is 0 Å². The van der Waals surface area contributed by atoms with Crippen LogP contribution in [-0.2, 0) is 21.3 Å². The summed E-state index contributed by atoms with van der Waals surface area (Å²) in [6.45, 7) is 10.0. The lowest BCUT2D eigenvalue weighted by Crippen LogP contribution is -2.12. The molecule has 0 fully saturated rings. The van der Waals surface area contributed by atoms with E-state index >= 15 is 0 Å². The molecule has 2 heteroatoms. The van der Waals surface area contributed by atoms with Gasteiger partial charge >= 0.3 is 0 Å². The predicted molar refractivity (Wildman–Crippen MR) is 75.8 cm³/mol. The smallest absolute Gasteiger partial charge is 0.146 e. The van der Waals surface area contributed by atoms with Crippen LogP contribution in [0.15, 0.2) is 24.3 Å². The van der Waals surface area contributed by atoms with Crippen molar-refractivity contribution in [2.24, 2.45) is 5.92 Å². The van der Waals surface area contributed by atoms with E-state index in [1.54, 1.807) is 7.11 Å². The standard InChI is InChI=1S/C16H26O2/c1-13(11-18-12-17-5)10-14-6-8-15(9-7-14)16(2,3)4/h6-9,13H,10-12H2,1-5H3. The molecule has 0 aliphatic heterocycles. The summed E-state index contributed by atoms with van der Waals surface area (Å²) in [6.07, 6.45) is 1.05. The van der Waals surface area contributed by atoms with Crippen LogP contribution >= 0.6 is 0 Å². The summed E-state index contributed by atoms with van der Waals surface area (Å²) in [6, 6.07) is 8.93. The van der Waals surface area contributed by atoms with E-state index in [0.717, 1.165) is 13.0 Å². The molecule has 0 aromatic heterocycles. The first kappa shape index (κ1) is 15.2. The summed E-state index contributed by atoms with van der Waals surface area (Å²) in [5.74, 6) is 0.514. The quantitative estimate of drug-likeness (QED) is 0.565. The van der Waals surface area contributed by atoms with E-state index < -0.39 is 0 Å². The Balaban J connectivity index is 2.48. The third-order valence-corrected chi connectivity index (χ3v) is 3.01. The fourth-order valence-corrected chi connectivity index (χ4v) is 1.93. The molecule has 0 radical (unpaired) electrons. The highest BCUT2D eigenvalue weighted by atomic mass is 16.7. The third-order valence-electron chi connectivity index (χ3n) is 3.01. The maximum absolute atomic E-state index is 5.37. The molecule has 0 amide bonds. The third kappa shape index (κ3) is 5.19. The number of hydrogen-bond donors (Lipinski definition) is 0. The summed E-state index contributed by atoms with van der Waals surface area (Å²) in [4.78, 5) is 0. The van der Waals surface area contributed by atoms with Crippen molar-refractivity contribution in [3.05, 3.63) is 35.4 Å². The SMILES string of the molecule is COCOCC(C)Cc1ccc(C(C)(C)C)cc1. The van der Waals surface area contributed by atoms with Gasteiger partial charge < -0.3 is 9.47 Å². The Kier molecular flexibility index (Phi) is 5.83. The Morgan fingerprint density at radius 2 is 1.72 bits per heavy atom. The molecule has 18 heavy (non-hydrogen) atoms. The number of rotatable bonds is 6. The van der Waals surface area contributed by atoms with Crippen LogP contribution in [0, 0.1) is 5.92 Å². The van der Waals surface area contributed by atoms with Gasteiger partial charge in [-0.25, -0.2) is 0 Å². The number of benzene rings is 1. The zero-order valence-electron chi connectivity index (χ0n) is 12.3. The molecule has 1 atom stereocenters. The van der Waals surface area contributed by atoms with Crippen molar-refractivity contribution in [1.29, 1.82) is 0 Å². The van der Waals surface area contributed by atoms with Gasteiger partial charge in [-0.3, -0.25) is 0 Å². The Morgan fingerprint density at radius 1 is 1.11 bits per heavy atom. The highest BCUT2D eigenvalue weighted by Gasteiger charge is 2.13. The minimum Gasteiger partial charge on any atom is -0.359 e. The van der Waals surface area contributed by atoms with Gasteiger partial charge in [0.15, 0.2) is 0 Å². The first-order valence-electron chi connectivity index (χ1n) is 6.59. The van der Waals surface area contributed by atoms with Gasteiger partial charge in [-0.15, -0.1) is 0 Å². The summed E-state index contributed by atoms with van der Waals surface area (Å²) >= 11 is 0. The molecule has 0 saturated heterocycles. The van der Waals surface area contributed by atoms with Gasteiger partial charge in [0.1, 0.15) is 6.79 Å². The molecule has 102 valence electrons. The van der Waals surface area contributed by atoms with E-state index in [4.69, 9.17) is 9.47 Å². The zero-order chi connectivity index (χ0) is 13.6.